The predicted octanol–water partition coefficient (Wildman–Crippen LogP) is 1.24. The van der Waals surface area contributed by atoms with Gasteiger partial charge < -0.3 is 9.88 Å². The summed E-state index contributed by atoms with van der Waals surface area (Å²) in [5, 5.41) is 10.3. The molecule has 0 spiro atoms. The van der Waals surface area contributed by atoms with Crippen molar-refractivity contribution in [3.8, 4) is 0 Å². The molecule has 5 nitrogen and oxygen atoms in total. The maximum Gasteiger partial charge on any atom is 0.130 e. The zero-order valence-electron chi connectivity index (χ0n) is 9.86. The van der Waals surface area contributed by atoms with Gasteiger partial charge in [0, 0.05) is 30.2 Å². The van der Waals surface area contributed by atoms with Crippen LogP contribution in [0.25, 0.3) is 0 Å². The fraction of sp³-hybridized carbons (Fsp3) is 0.455. The Bertz CT molecular complexity index is 456. The number of aryl methyl sites for hydroxylation is 2. The average molecular weight is 219 g/mol. The van der Waals surface area contributed by atoms with Gasteiger partial charge in [0.2, 0.25) is 0 Å². The van der Waals surface area contributed by atoms with Gasteiger partial charge in [0.1, 0.15) is 5.82 Å². The van der Waals surface area contributed by atoms with Crippen LogP contribution < -0.4 is 5.32 Å². The Labute approximate surface area is 94.9 Å². The Morgan fingerprint density at radius 3 is 2.94 bits per heavy atom. The molecule has 86 valence electrons. The van der Waals surface area contributed by atoms with Crippen molar-refractivity contribution in [2.45, 2.75) is 26.4 Å². The van der Waals surface area contributed by atoms with Crippen molar-refractivity contribution < 1.29 is 0 Å². The Balaban J connectivity index is 2.40. The third kappa shape index (κ3) is 1.74. The monoisotopic (exact) mass is 219 g/mol. The maximum atomic E-state index is 4.41. The van der Waals surface area contributed by atoms with Gasteiger partial charge in [-0.3, -0.25) is 5.10 Å². The molecule has 2 N–H and O–H groups in total. The van der Waals surface area contributed by atoms with Crippen molar-refractivity contribution in [1.82, 2.24) is 25.1 Å². The van der Waals surface area contributed by atoms with Crippen molar-refractivity contribution >= 4 is 0 Å². The van der Waals surface area contributed by atoms with E-state index in [2.05, 4.69) is 32.0 Å². The van der Waals surface area contributed by atoms with E-state index >= 15 is 0 Å². The fourth-order valence-corrected chi connectivity index (χ4v) is 1.92. The van der Waals surface area contributed by atoms with Gasteiger partial charge in [-0.1, -0.05) is 0 Å². The number of imidazole rings is 1. The third-order valence-electron chi connectivity index (χ3n) is 2.82. The van der Waals surface area contributed by atoms with Crippen LogP contribution in [0.3, 0.4) is 0 Å². The van der Waals surface area contributed by atoms with E-state index in [9.17, 15) is 0 Å². The minimum absolute atomic E-state index is 0.0914. The minimum atomic E-state index is 0.0914. The molecule has 0 aliphatic carbocycles. The summed E-state index contributed by atoms with van der Waals surface area (Å²) in [6, 6.07) is 0.0914. The van der Waals surface area contributed by atoms with Gasteiger partial charge in [-0.25, -0.2) is 4.98 Å². The molecule has 1 atom stereocenters. The molecule has 2 aromatic rings. The Morgan fingerprint density at radius 2 is 2.38 bits per heavy atom. The Kier molecular flexibility index (Phi) is 3.05. The van der Waals surface area contributed by atoms with Crippen molar-refractivity contribution in [2.75, 3.05) is 7.05 Å². The molecule has 0 aliphatic rings. The van der Waals surface area contributed by atoms with Crippen LogP contribution in [0.4, 0.5) is 0 Å². The zero-order valence-corrected chi connectivity index (χ0v) is 9.86. The molecule has 0 fully saturated rings. The van der Waals surface area contributed by atoms with Gasteiger partial charge >= 0.3 is 0 Å². The Hall–Kier alpha value is -1.62. The molecular weight excluding hydrogens is 202 g/mol. The van der Waals surface area contributed by atoms with Crippen LogP contribution in [0.15, 0.2) is 18.6 Å². The first kappa shape index (κ1) is 10.9. The van der Waals surface area contributed by atoms with E-state index in [4.69, 9.17) is 0 Å². The molecule has 0 radical (unpaired) electrons. The van der Waals surface area contributed by atoms with Gasteiger partial charge in [0.15, 0.2) is 0 Å². The number of aromatic amines is 1. The number of hydrogen-bond donors (Lipinski definition) is 2. The van der Waals surface area contributed by atoms with Gasteiger partial charge in [-0.05, 0) is 20.9 Å². The lowest BCUT2D eigenvalue weighted by Crippen LogP contribution is -2.22. The van der Waals surface area contributed by atoms with Gasteiger partial charge in [-0.15, -0.1) is 0 Å². The Morgan fingerprint density at radius 1 is 1.56 bits per heavy atom. The molecule has 5 heteroatoms. The molecule has 16 heavy (non-hydrogen) atoms. The van der Waals surface area contributed by atoms with E-state index in [0.717, 1.165) is 23.6 Å². The fourth-order valence-electron chi connectivity index (χ4n) is 1.92. The van der Waals surface area contributed by atoms with E-state index < -0.39 is 0 Å². The molecule has 0 saturated carbocycles. The normalized spacial score (nSPS) is 12.9. The maximum absolute atomic E-state index is 4.41. The van der Waals surface area contributed by atoms with Crippen LogP contribution in [-0.2, 0) is 6.54 Å². The predicted molar refractivity (Wildman–Crippen MR) is 62.1 cm³/mol. The van der Waals surface area contributed by atoms with E-state index in [1.54, 1.807) is 0 Å². The quantitative estimate of drug-likeness (QED) is 0.813. The molecule has 0 bridgehead atoms. The van der Waals surface area contributed by atoms with E-state index in [0.29, 0.717) is 0 Å². The van der Waals surface area contributed by atoms with Crippen LogP contribution in [0, 0.1) is 6.92 Å². The number of aromatic nitrogens is 4. The highest BCUT2D eigenvalue weighted by molar-refractivity contribution is 5.26. The average Bonchev–Trinajstić information content (AvgIpc) is 2.90. The first-order valence-electron chi connectivity index (χ1n) is 5.46. The third-order valence-corrected chi connectivity index (χ3v) is 2.82. The molecule has 0 saturated heterocycles. The summed E-state index contributed by atoms with van der Waals surface area (Å²) < 4.78 is 2.13. The number of hydrogen-bond acceptors (Lipinski definition) is 3. The lowest BCUT2D eigenvalue weighted by molar-refractivity contribution is 0.588. The highest BCUT2D eigenvalue weighted by Gasteiger charge is 2.19. The van der Waals surface area contributed by atoms with Crippen LogP contribution >= 0.6 is 0 Å². The number of H-pyrrole nitrogens is 1. The summed E-state index contributed by atoms with van der Waals surface area (Å²) in [6.07, 6.45) is 5.68. The summed E-state index contributed by atoms with van der Waals surface area (Å²) in [5.74, 6) is 1.02. The molecule has 2 rings (SSSR count). The summed E-state index contributed by atoms with van der Waals surface area (Å²) in [4.78, 5) is 4.41. The summed E-state index contributed by atoms with van der Waals surface area (Å²) in [5.41, 5.74) is 2.22. The van der Waals surface area contributed by atoms with Gasteiger partial charge in [-0.2, -0.15) is 5.10 Å². The molecule has 0 amide bonds. The standard InChI is InChI=1S/C11H17N5/c1-4-16-6-5-13-11(16)10(12-3)9-7-14-15-8(9)2/h5-7,10,12H,4H2,1-3H3,(H,14,15). The zero-order chi connectivity index (χ0) is 11.5. The molecule has 2 aromatic heterocycles. The van der Waals surface area contributed by atoms with E-state index in [1.807, 2.05) is 32.6 Å². The molecule has 0 aliphatic heterocycles. The summed E-state index contributed by atoms with van der Waals surface area (Å²) in [7, 11) is 1.94. The topological polar surface area (TPSA) is 58.5 Å². The first-order chi connectivity index (χ1) is 7.77. The molecule has 0 aromatic carbocycles. The molecule has 1 unspecified atom stereocenters. The number of nitrogens with zero attached hydrogens (tertiary/aromatic N) is 3. The second kappa shape index (κ2) is 4.49. The SMILES string of the molecule is CCn1ccnc1C(NC)c1cn[nH]c1C. The van der Waals surface area contributed by atoms with Crippen LogP contribution in [0.2, 0.25) is 0 Å². The van der Waals surface area contributed by atoms with Crippen molar-refractivity contribution in [3.05, 3.63) is 35.7 Å². The summed E-state index contributed by atoms with van der Waals surface area (Å²) in [6.45, 7) is 5.05. The number of rotatable bonds is 4. The lowest BCUT2D eigenvalue weighted by Gasteiger charge is -2.16. The van der Waals surface area contributed by atoms with Crippen molar-refractivity contribution in [2.24, 2.45) is 0 Å². The second-order valence-electron chi connectivity index (χ2n) is 3.74. The molecular formula is C11H17N5. The molecule has 2 heterocycles. The lowest BCUT2D eigenvalue weighted by atomic mass is 10.1. The second-order valence-corrected chi connectivity index (χ2v) is 3.74. The minimum Gasteiger partial charge on any atom is -0.334 e. The van der Waals surface area contributed by atoms with Crippen molar-refractivity contribution in [3.63, 3.8) is 0 Å². The van der Waals surface area contributed by atoms with E-state index in [-0.39, 0.29) is 6.04 Å². The largest absolute Gasteiger partial charge is 0.334 e. The van der Waals surface area contributed by atoms with Crippen LogP contribution in [-0.4, -0.2) is 26.8 Å². The first-order valence-corrected chi connectivity index (χ1v) is 5.46. The van der Waals surface area contributed by atoms with Crippen molar-refractivity contribution in [1.29, 1.82) is 0 Å². The van der Waals surface area contributed by atoms with E-state index in [1.165, 1.54) is 0 Å². The van der Waals surface area contributed by atoms with Crippen LogP contribution in [0.1, 0.15) is 30.0 Å². The van der Waals surface area contributed by atoms with Gasteiger partial charge in [0.25, 0.3) is 0 Å². The summed E-state index contributed by atoms with van der Waals surface area (Å²) >= 11 is 0. The highest BCUT2D eigenvalue weighted by Crippen LogP contribution is 2.21. The number of nitrogens with one attached hydrogen (secondary N) is 2. The smallest absolute Gasteiger partial charge is 0.130 e. The van der Waals surface area contributed by atoms with Gasteiger partial charge in [0.05, 0.1) is 12.2 Å². The van der Waals surface area contributed by atoms with Crippen LogP contribution in [0.5, 0.6) is 0 Å². The highest BCUT2D eigenvalue weighted by atomic mass is 15.1.